The smallest absolute Gasteiger partial charge is 0.305 e. The van der Waals surface area contributed by atoms with Gasteiger partial charge in [-0.1, -0.05) is 18.6 Å². The monoisotopic (exact) mass is 288 g/mol. The summed E-state index contributed by atoms with van der Waals surface area (Å²) in [7, 11) is 0. The third-order valence-corrected chi connectivity index (χ3v) is 3.66. The van der Waals surface area contributed by atoms with Crippen molar-refractivity contribution in [2.75, 3.05) is 6.61 Å². The molecule has 4 nitrogen and oxygen atoms in total. The van der Waals surface area contributed by atoms with E-state index >= 15 is 0 Å². The van der Waals surface area contributed by atoms with Crippen LogP contribution in [0.15, 0.2) is 30.5 Å². The average molecular weight is 288 g/mol. The van der Waals surface area contributed by atoms with E-state index in [0.717, 1.165) is 31.4 Å². The van der Waals surface area contributed by atoms with Gasteiger partial charge in [0.15, 0.2) is 0 Å². The van der Waals surface area contributed by atoms with Crippen molar-refractivity contribution in [3.8, 4) is 0 Å². The summed E-state index contributed by atoms with van der Waals surface area (Å²) in [6.07, 6.45) is 5.64. The van der Waals surface area contributed by atoms with E-state index < -0.39 is 0 Å². The number of carbonyl (C=O) groups is 1. The summed E-state index contributed by atoms with van der Waals surface area (Å²) < 4.78 is 7.18. The maximum Gasteiger partial charge on any atom is 0.305 e. The van der Waals surface area contributed by atoms with Crippen LogP contribution in [0.1, 0.15) is 38.2 Å². The minimum atomic E-state index is -0.0866. The summed E-state index contributed by atoms with van der Waals surface area (Å²) >= 11 is 0. The molecule has 21 heavy (non-hydrogen) atoms. The van der Waals surface area contributed by atoms with Gasteiger partial charge in [0.2, 0.25) is 0 Å². The number of hydrogen-bond donors (Lipinski definition) is 1. The fourth-order valence-corrected chi connectivity index (χ4v) is 2.51. The third-order valence-electron chi connectivity index (χ3n) is 3.66. The molecule has 1 aromatic heterocycles. The van der Waals surface area contributed by atoms with Crippen LogP contribution in [-0.2, 0) is 22.6 Å². The Morgan fingerprint density at radius 3 is 2.86 bits per heavy atom. The van der Waals surface area contributed by atoms with Gasteiger partial charge in [0, 0.05) is 31.2 Å². The fourth-order valence-electron chi connectivity index (χ4n) is 2.51. The topological polar surface area (TPSA) is 57.2 Å². The van der Waals surface area contributed by atoms with Crippen molar-refractivity contribution in [2.24, 2.45) is 5.73 Å². The van der Waals surface area contributed by atoms with Crippen LogP contribution in [0.5, 0.6) is 0 Å². The van der Waals surface area contributed by atoms with E-state index in [0.29, 0.717) is 19.6 Å². The summed E-state index contributed by atoms with van der Waals surface area (Å²) in [4.78, 5) is 11.2. The van der Waals surface area contributed by atoms with Gasteiger partial charge in [0.05, 0.1) is 6.61 Å². The van der Waals surface area contributed by atoms with Crippen molar-refractivity contribution in [1.29, 1.82) is 0 Å². The van der Waals surface area contributed by atoms with Crippen molar-refractivity contribution < 1.29 is 9.53 Å². The van der Waals surface area contributed by atoms with Crippen LogP contribution in [-0.4, -0.2) is 17.1 Å². The Labute approximate surface area is 125 Å². The molecule has 0 aliphatic carbocycles. The molecular formula is C17H24N2O2. The van der Waals surface area contributed by atoms with Crippen molar-refractivity contribution in [2.45, 2.75) is 45.7 Å². The second kappa shape index (κ2) is 7.84. The van der Waals surface area contributed by atoms with Gasteiger partial charge in [-0.25, -0.2) is 0 Å². The van der Waals surface area contributed by atoms with E-state index in [1.165, 1.54) is 10.9 Å². The number of fused-ring (bicyclic) bond motifs is 1. The molecular weight excluding hydrogens is 264 g/mol. The van der Waals surface area contributed by atoms with Gasteiger partial charge in [0.25, 0.3) is 0 Å². The van der Waals surface area contributed by atoms with Gasteiger partial charge >= 0.3 is 5.97 Å². The molecule has 0 unspecified atom stereocenters. The number of benzene rings is 1. The SMILES string of the molecule is CCOC(=O)CCCCCn1ccc2ccc(CN)cc21. The molecule has 0 radical (unpaired) electrons. The first-order valence-corrected chi connectivity index (χ1v) is 7.68. The summed E-state index contributed by atoms with van der Waals surface area (Å²) in [5.41, 5.74) is 8.10. The predicted molar refractivity (Wildman–Crippen MR) is 84.9 cm³/mol. The van der Waals surface area contributed by atoms with Crippen molar-refractivity contribution in [3.05, 3.63) is 36.0 Å². The third kappa shape index (κ3) is 4.33. The normalized spacial score (nSPS) is 11.0. The summed E-state index contributed by atoms with van der Waals surface area (Å²) in [6, 6.07) is 8.49. The van der Waals surface area contributed by atoms with Crippen LogP contribution in [0.25, 0.3) is 10.9 Å². The van der Waals surface area contributed by atoms with E-state index in [4.69, 9.17) is 10.5 Å². The van der Waals surface area contributed by atoms with Crippen LogP contribution < -0.4 is 5.73 Å². The van der Waals surface area contributed by atoms with Gasteiger partial charge in [-0.2, -0.15) is 0 Å². The number of nitrogens with zero attached hydrogens (tertiary/aromatic N) is 1. The molecule has 0 aliphatic heterocycles. The van der Waals surface area contributed by atoms with E-state index in [2.05, 4.69) is 35.0 Å². The lowest BCUT2D eigenvalue weighted by Crippen LogP contribution is -2.03. The standard InChI is InChI=1S/C17H24N2O2/c1-2-21-17(20)6-4-3-5-10-19-11-9-15-8-7-14(13-18)12-16(15)19/h7-9,11-12H,2-6,10,13,18H2,1H3. The van der Waals surface area contributed by atoms with Crippen molar-refractivity contribution >= 4 is 16.9 Å². The van der Waals surface area contributed by atoms with Crippen molar-refractivity contribution in [3.63, 3.8) is 0 Å². The Morgan fingerprint density at radius 1 is 1.24 bits per heavy atom. The maximum atomic E-state index is 11.2. The molecule has 1 heterocycles. The van der Waals surface area contributed by atoms with Crippen molar-refractivity contribution in [1.82, 2.24) is 4.57 Å². The largest absolute Gasteiger partial charge is 0.466 e. The molecule has 0 bridgehead atoms. The second-order valence-electron chi connectivity index (χ2n) is 5.22. The van der Waals surface area contributed by atoms with Gasteiger partial charge in [-0.15, -0.1) is 0 Å². The molecule has 2 N–H and O–H groups in total. The zero-order valence-electron chi connectivity index (χ0n) is 12.7. The van der Waals surface area contributed by atoms with E-state index in [-0.39, 0.29) is 5.97 Å². The number of nitrogens with two attached hydrogens (primary N) is 1. The predicted octanol–water partition coefficient (Wildman–Crippen LogP) is 3.22. The minimum Gasteiger partial charge on any atom is -0.466 e. The quantitative estimate of drug-likeness (QED) is 0.599. The molecule has 0 fully saturated rings. The van der Waals surface area contributed by atoms with Gasteiger partial charge in [-0.3, -0.25) is 4.79 Å². The lowest BCUT2D eigenvalue weighted by molar-refractivity contribution is -0.143. The molecule has 4 heteroatoms. The lowest BCUT2D eigenvalue weighted by Gasteiger charge is -2.07. The molecule has 1 aromatic carbocycles. The number of carbonyl (C=O) groups excluding carboxylic acids is 1. The summed E-state index contributed by atoms with van der Waals surface area (Å²) in [5.74, 6) is -0.0866. The summed E-state index contributed by atoms with van der Waals surface area (Å²) in [6.45, 7) is 3.85. The Bertz CT molecular complexity index is 589. The van der Waals surface area contributed by atoms with Crippen LogP contribution in [0.3, 0.4) is 0 Å². The number of esters is 1. The number of rotatable bonds is 8. The Hall–Kier alpha value is -1.81. The highest BCUT2D eigenvalue weighted by Crippen LogP contribution is 2.18. The average Bonchev–Trinajstić information content (AvgIpc) is 2.89. The highest BCUT2D eigenvalue weighted by atomic mass is 16.5. The number of aromatic nitrogens is 1. The van der Waals surface area contributed by atoms with Crippen LogP contribution in [0.2, 0.25) is 0 Å². The first-order chi connectivity index (χ1) is 10.2. The highest BCUT2D eigenvalue weighted by Gasteiger charge is 2.03. The zero-order valence-corrected chi connectivity index (χ0v) is 12.7. The van der Waals surface area contributed by atoms with E-state index in [9.17, 15) is 4.79 Å². The van der Waals surface area contributed by atoms with E-state index in [1.54, 1.807) is 0 Å². The molecule has 0 atom stereocenters. The Kier molecular flexibility index (Phi) is 5.81. The second-order valence-corrected chi connectivity index (χ2v) is 5.22. The van der Waals surface area contributed by atoms with Gasteiger partial charge < -0.3 is 15.0 Å². The number of hydrogen-bond acceptors (Lipinski definition) is 3. The summed E-state index contributed by atoms with van der Waals surface area (Å²) in [5, 5.41) is 1.25. The van der Waals surface area contributed by atoms with Crippen LogP contribution >= 0.6 is 0 Å². The molecule has 0 aliphatic rings. The van der Waals surface area contributed by atoms with Crippen LogP contribution in [0.4, 0.5) is 0 Å². The molecule has 0 spiro atoms. The molecule has 0 amide bonds. The Morgan fingerprint density at radius 2 is 2.10 bits per heavy atom. The zero-order chi connectivity index (χ0) is 15.1. The number of aryl methyl sites for hydroxylation is 1. The van der Waals surface area contributed by atoms with Crippen LogP contribution in [0, 0.1) is 0 Å². The maximum absolute atomic E-state index is 11.2. The molecule has 114 valence electrons. The van der Waals surface area contributed by atoms with E-state index in [1.807, 2.05) is 6.92 Å². The molecule has 0 saturated carbocycles. The molecule has 0 saturated heterocycles. The van der Waals surface area contributed by atoms with Gasteiger partial charge in [-0.05, 0) is 42.8 Å². The van der Waals surface area contributed by atoms with Gasteiger partial charge in [0.1, 0.15) is 0 Å². The molecule has 2 rings (SSSR count). The first kappa shape index (κ1) is 15.6. The minimum absolute atomic E-state index is 0.0866. The lowest BCUT2D eigenvalue weighted by atomic mass is 10.1. The first-order valence-electron chi connectivity index (χ1n) is 7.68. The Balaban J connectivity index is 1.82. The molecule has 2 aromatic rings. The number of ether oxygens (including phenoxy) is 1. The highest BCUT2D eigenvalue weighted by molar-refractivity contribution is 5.80. The fraction of sp³-hybridized carbons (Fsp3) is 0.471. The number of unbranched alkanes of at least 4 members (excludes halogenated alkanes) is 2.